The molecule has 6 heteroatoms. The van der Waals surface area contributed by atoms with Crippen molar-refractivity contribution in [1.29, 1.82) is 0 Å². The van der Waals surface area contributed by atoms with E-state index in [0.29, 0.717) is 12.2 Å². The van der Waals surface area contributed by atoms with Gasteiger partial charge in [-0.05, 0) is 29.3 Å². The lowest BCUT2D eigenvalue weighted by Gasteiger charge is -2.06. The number of amides is 2. The van der Waals surface area contributed by atoms with Crippen LogP contribution in [0.4, 0.5) is 0 Å². The summed E-state index contributed by atoms with van der Waals surface area (Å²) < 4.78 is 0. The van der Waals surface area contributed by atoms with Gasteiger partial charge >= 0.3 is 0 Å². The van der Waals surface area contributed by atoms with Gasteiger partial charge in [0.15, 0.2) is 0 Å². The molecule has 2 aromatic carbocycles. The lowest BCUT2D eigenvalue weighted by molar-refractivity contribution is -0.124. The van der Waals surface area contributed by atoms with E-state index >= 15 is 0 Å². The van der Waals surface area contributed by atoms with Gasteiger partial charge in [-0.2, -0.15) is 0 Å². The van der Waals surface area contributed by atoms with Crippen molar-refractivity contribution in [3.8, 4) is 0 Å². The number of rotatable bonds is 5. The van der Waals surface area contributed by atoms with E-state index < -0.39 is 5.91 Å². The van der Waals surface area contributed by atoms with E-state index in [2.05, 4.69) is 10.3 Å². The zero-order chi connectivity index (χ0) is 18.4. The molecule has 0 unspecified atom stereocenters. The molecule has 0 bridgehead atoms. The fourth-order valence-corrected chi connectivity index (χ4v) is 2.42. The number of para-hydroxylation sites is 1. The lowest BCUT2D eigenvalue weighted by Crippen LogP contribution is -2.23. The molecule has 130 valence electrons. The molecule has 0 aliphatic rings. The standard InChI is InChI=1S/C20H17N3O3/c24-19(23-26)12-9-14-5-7-15(8-6-14)13-21-20(25)18-11-10-16-3-1-2-4-17(16)22-18/h1-12,26H,13H2,(H,21,25)(H,23,24)/b12-9+. The van der Waals surface area contributed by atoms with Crippen LogP contribution in [0, 0.1) is 0 Å². The van der Waals surface area contributed by atoms with E-state index in [-0.39, 0.29) is 5.91 Å². The molecule has 3 aromatic rings. The zero-order valence-corrected chi connectivity index (χ0v) is 13.8. The molecule has 6 nitrogen and oxygen atoms in total. The molecule has 1 heterocycles. The number of benzene rings is 2. The minimum Gasteiger partial charge on any atom is -0.347 e. The van der Waals surface area contributed by atoms with Gasteiger partial charge in [-0.25, -0.2) is 10.5 Å². The third kappa shape index (κ3) is 4.31. The maximum absolute atomic E-state index is 12.3. The predicted molar refractivity (Wildman–Crippen MR) is 98.3 cm³/mol. The summed E-state index contributed by atoms with van der Waals surface area (Å²) in [6.45, 7) is 0.370. The number of nitrogens with zero attached hydrogens (tertiary/aromatic N) is 1. The maximum Gasteiger partial charge on any atom is 0.270 e. The highest BCUT2D eigenvalue weighted by atomic mass is 16.5. The van der Waals surface area contributed by atoms with E-state index in [1.54, 1.807) is 12.1 Å². The number of hydroxylamine groups is 1. The Morgan fingerprint density at radius 3 is 2.54 bits per heavy atom. The van der Waals surface area contributed by atoms with Crippen LogP contribution in [0.3, 0.4) is 0 Å². The van der Waals surface area contributed by atoms with E-state index in [9.17, 15) is 9.59 Å². The Bertz CT molecular complexity index is 965. The Morgan fingerprint density at radius 2 is 1.77 bits per heavy atom. The Kier molecular flexibility index (Phi) is 5.36. The first kappa shape index (κ1) is 17.3. The minimum atomic E-state index is -0.593. The van der Waals surface area contributed by atoms with Crippen molar-refractivity contribution in [2.75, 3.05) is 0 Å². The van der Waals surface area contributed by atoms with Crippen molar-refractivity contribution in [1.82, 2.24) is 15.8 Å². The van der Waals surface area contributed by atoms with Gasteiger partial charge in [0.2, 0.25) is 0 Å². The highest BCUT2D eigenvalue weighted by Crippen LogP contribution is 2.12. The highest BCUT2D eigenvalue weighted by molar-refractivity contribution is 5.94. The van der Waals surface area contributed by atoms with Crippen LogP contribution in [0.5, 0.6) is 0 Å². The van der Waals surface area contributed by atoms with E-state index in [1.807, 2.05) is 54.6 Å². The molecule has 1 aromatic heterocycles. The van der Waals surface area contributed by atoms with Crippen molar-refractivity contribution in [2.24, 2.45) is 0 Å². The second-order valence-corrected chi connectivity index (χ2v) is 5.62. The van der Waals surface area contributed by atoms with Gasteiger partial charge in [0.25, 0.3) is 11.8 Å². The molecular weight excluding hydrogens is 330 g/mol. The number of hydrogen-bond acceptors (Lipinski definition) is 4. The van der Waals surface area contributed by atoms with Crippen LogP contribution in [0.15, 0.2) is 66.7 Å². The third-order valence-corrected chi connectivity index (χ3v) is 3.80. The topological polar surface area (TPSA) is 91.3 Å². The summed E-state index contributed by atoms with van der Waals surface area (Å²) >= 11 is 0. The largest absolute Gasteiger partial charge is 0.347 e. The lowest BCUT2D eigenvalue weighted by atomic mass is 10.1. The van der Waals surface area contributed by atoms with Gasteiger partial charge in [0.1, 0.15) is 5.69 Å². The summed E-state index contributed by atoms with van der Waals surface area (Å²) in [7, 11) is 0. The number of nitrogens with one attached hydrogen (secondary N) is 2. The van der Waals surface area contributed by atoms with Crippen molar-refractivity contribution in [3.05, 3.63) is 83.6 Å². The van der Waals surface area contributed by atoms with Gasteiger partial charge in [-0.1, -0.05) is 48.5 Å². The molecule has 0 saturated carbocycles. The van der Waals surface area contributed by atoms with Gasteiger partial charge in [0.05, 0.1) is 5.52 Å². The minimum absolute atomic E-state index is 0.237. The summed E-state index contributed by atoms with van der Waals surface area (Å²) in [5, 5.41) is 12.3. The average molecular weight is 347 g/mol. The van der Waals surface area contributed by atoms with Gasteiger partial charge in [-0.3, -0.25) is 14.8 Å². The van der Waals surface area contributed by atoms with Crippen LogP contribution >= 0.6 is 0 Å². The van der Waals surface area contributed by atoms with Crippen LogP contribution in [0.25, 0.3) is 17.0 Å². The maximum atomic E-state index is 12.3. The molecule has 0 saturated heterocycles. The quantitative estimate of drug-likeness (QED) is 0.376. The molecule has 0 fully saturated rings. The number of aromatic nitrogens is 1. The molecule has 0 atom stereocenters. The Morgan fingerprint density at radius 1 is 1.00 bits per heavy atom. The van der Waals surface area contributed by atoms with Crippen molar-refractivity contribution in [3.63, 3.8) is 0 Å². The van der Waals surface area contributed by atoms with Crippen LogP contribution in [0.1, 0.15) is 21.6 Å². The first-order chi connectivity index (χ1) is 12.7. The predicted octanol–water partition coefficient (Wildman–Crippen LogP) is 2.68. The smallest absolute Gasteiger partial charge is 0.270 e. The molecule has 2 amide bonds. The van der Waals surface area contributed by atoms with Crippen LogP contribution in [-0.2, 0) is 11.3 Å². The SMILES string of the molecule is O=C(/C=C/c1ccc(CNC(=O)c2ccc3ccccc3n2)cc1)NO. The molecule has 3 rings (SSSR count). The van der Waals surface area contributed by atoms with Crippen molar-refractivity contribution >= 4 is 28.8 Å². The molecule has 0 aliphatic heterocycles. The summed E-state index contributed by atoms with van der Waals surface area (Å²) in [4.78, 5) is 27.6. The van der Waals surface area contributed by atoms with Crippen LogP contribution in [0.2, 0.25) is 0 Å². The zero-order valence-electron chi connectivity index (χ0n) is 13.8. The van der Waals surface area contributed by atoms with E-state index in [1.165, 1.54) is 11.6 Å². The Hall–Kier alpha value is -3.51. The third-order valence-electron chi connectivity index (χ3n) is 3.80. The highest BCUT2D eigenvalue weighted by Gasteiger charge is 2.07. The molecule has 0 aliphatic carbocycles. The number of fused-ring (bicyclic) bond motifs is 1. The van der Waals surface area contributed by atoms with Gasteiger partial charge in [0, 0.05) is 18.0 Å². The fourth-order valence-electron chi connectivity index (χ4n) is 2.42. The molecule has 3 N–H and O–H groups in total. The summed E-state index contributed by atoms with van der Waals surface area (Å²) in [5.41, 5.74) is 4.41. The first-order valence-corrected chi connectivity index (χ1v) is 8.01. The van der Waals surface area contributed by atoms with E-state index in [0.717, 1.165) is 22.0 Å². The monoisotopic (exact) mass is 347 g/mol. The van der Waals surface area contributed by atoms with Crippen LogP contribution in [-0.4, -0.2) is 22.0 Å². The first-order valence-electron chi connectivity index (χ1n) is 8.01. The summed E-state index contributed by atoms with van der Waals surface area (Å²) in [6, 6.07) is 18.6. The number of hydrogen-bond donors (Lipinski definition) is 3. The van der Waals surface area contributed by atoms with E-state index in [4.69, 9.17) is 5.21 Å². The Balaban J connectivity index is 1.61. The molecule has 0 radical (unpaired) electrons. The number of pyridine rings is 1. The second-order valence-electron chi connectivity index (χ2n) is 5.62. The van der Waals surface area contributed by atoms with Crippen LogP contribution < -0.4 is 10.8 Å². The Labute approximate surface area is 150 Å². The van der Waals surface area contributed by atoms with Crippen molar-refractivity contribution < 1.29 is 14.8 Å². The van der Waals surface area contributed by atoms with Crippen molar-refractivity contribution in [2.45, 2.75) is 6.54 Å². The molecular formula is C20H17N3O3. The van der Waals surface area contributed by atoms with Gasteiger partial charge < -0.3 is 5.32 Å². The normalized spacial score (nSPS) is 10.8. The number of carbonyl (C=O) groups is 2. The second kappa shape index (κ2) is 8.04. The summed E-state index contributed by atoms with van der Waals surface area (Å²) in [5.74, 6) is -0.830. The molecule has 0 spiro atoms. The number of carbonyl (C=O) groups excluding carboxylic acids is 2. The van der Waals surface area contributed by atoms with Gasteiger partial charge in [-0.15, -0.1) is 0 Å². The summed E-state index contributed by atoms with van der Waals surface area (Å²) in [6.07, 6.45) is 2.80. The average Bonchev–Trinajstić information content (AvgIpc) is 2.70. The fraction of sp³-hybridized carbons (Fsp3) is 0.0500. The molecule has 26 heavy (non-hydrogen) atoms.